The van der Waals surface area contributed by atoms with Crippen molar-refractivity contribution in [2.24, 2.45) is 5.41 Å². The standard InChI is InChI=1S/C23H36O2/c1-3-23(2,18-16-21-13-7-6-8-14-21)17-10-4-5-11-19-24-22-15-9-12-20-25-22/h3,6-8,13-14,22H,1,4-5,9-12,15-20H2,2H3/t22?,23-/m0/s1. The molecule has 1 unspecified atom stereocenters. The number of aryl methyl sites for hydroxylation is 1. The second-order valence-electron chi connectivity index (χ2n) is 7.67. The van der Waals surface area contributed by atoms with E-state index < -0.39 is 0 Å². The highest BCUT2D eigenvalue weighted by atomic mass is 16.7. The van der Waals surface area contributed by atoms with E-state index in [1.54, 1.807) is 0 Å². The van der Waals surface area contributed by atoms with E-state index in [1.165, 1.54) is 50.5 Å². The number of ether oxygens (including phenoxy) is 2. The zero-order valence-electron chi connectivity index (χ0n) is 16.1. The lowest BCUT2D eigenvalue weighted by Crippen LogP contribution is -2.22. The van der Waals surface area contributed by atoms with E-state index in [4.69, 9.17) is 9.47 Å². The lowest BCUT2D eigenvalue weighted by molar-refractivity contribution is -0.162. The van der Waals surface area contributed by atoms with Gasteiger partial charge >= 0.3 is 0 Å². The van der Waals surface area contributed by atoms with Gasteiger partial charge in [-0.2, -0.15) is 0 Å². The number of unbranched alkanes of at least 4 members (excludes halogenated alkanes) is 3. The van der Waals surface area contributed by atoms with Gasteiger partial charge in [0.25, 0.3) is 0 Å². The molecular formula is C23H36O2. The van der Waals surface area contributed by atoms with E-state index in [0.717, 1.165) is 32.5 Å². The van der Waals surface area contributed by atoms with Crippen LogP contribution in [0, 0.1) is 5.41 Å². The van der Waals surface area contributed by atoms with Crippen LogP contribution in [0.4, 0.5) is 0 Å². The summed E-state index contributed by atoms with van der Waals surface area (Å²) in [5.74, 6) is 0. The lowest BCUT2D eigenvalue weighted by atomic mass is 9.79. The molecule has 2 nitrogen and oxygen atoms in total. The molecule has 1 fully saturated rings. The Kier molecular flexibility index (Phi) is 9.28. The van der Waals surface area contributed by atoms with Crippen LogP contribution < -0.4 is 0 Å². The highest BCUT2D eigenvalue weighted by Crippen LogP contribution is 2.31. The van der Waals surface area contributed by atoms with Gasteiger partial charge in [-0.05, 0) is 55.9 Å². The van der Waals surface area contributed by atoms with Crippen molar-refractivity contribution in [1.29, 1.82) is 0 Å². The third kappa shape index (κ3) is 8.20. The Balaban J connectivity index is 1.53. The fourth-order valence-electron chi connectivity index (χ4n) is 3.45. The van der Waals surface area contributed by atoms with Crippen molar-refractivity contribution < 1.29 is 9.47 Å². The molecule has 25 heavy (non-hydrogen) atoms. The molecule has 0 bridgehead atoms. The Morgan fingerprint density at radius 1 is 1.12 bits per heavy atom. The molecule has 140 valence electrons. The zero-order chi connectivity index (χ0) is 17.8. The molecule has 2 rings (SSSR count). The van der Waals surface area contributed by atoms with Gasteiger partial charge in [0.05, 0.1) is 0 Å². The van der Waals surface area contributed by atoms with Crippen LogP contribution in [0.5, 0.6) is 0 Å². The van der Waals surface area contributed by atoms with E-state index in [0.29, 0.717) is 0 Å². The molecule has 0 aliphatic carbocycles. The minimum absolute atomic E-state index is 0.0655. The summed E-state index contributed by atoms with van der Waals surface area (Å²) in [5.41, 5.74) is 1.68. The molecule has 1 aromatic rings. The van der Waals surface area contributed by atoms with Crippen molar-refractivity contribution in [3.8, 4) is 0 Å². The topological polar surface area (TPSA) is 18.5 Å². The maximum absolute atomic E-state index is 5.80. The average molecular weight is 345 g/mol. The minimum atomic E-state index is 0.0655. The SMILES string of the molecule is C=C[C@@](C)(CCCCCCOC1CCCCO1)CCc1ccccc1. The molecule has 1 saturated heterocycles. The summed E-state index contributed by atoms with van der Waals surface area (Å²) in [6.07, 6.45) is 14.2. The summed E-state index contributed by atoms with van der Waals surface area (Å²) in [6.45, 7) is 8.16. The molecule has 1 heterocycles. The predicted molar refractivity (Wildman–Crippen MR) is 106 cm³/mol. The average Bonchev–Trinajstić information content (AvgIpc) is 2.67. The largest absolute Gasteiger partial charge is 0.353 e. The van der Waals surface area contributed by atoms with Crippen LogP contribution in [0.25, 0.3) is 0 Å². The maximum atomic E-state index is 5.80. The smallest absolute Gasteiger partial charge is 0.157 e. The van der Waals surface area contributed by atoms with Crippen LogP contribution >= 0.6 is 0 Å². The highest BCUT2D eigenvalue weighted by Gasteiger charge is 2.19. The van der Waals surface area contributed by atoms with Crippen molar-refractivity contribution in [3.63, 3.8) is 0 Å². The minimum Gasteiger partial charge on any atom is -0.353 e. The van der Waals surface area contributed by atoms with Crippen molar-refractivity contribution in [2.45, 2.75) is 77.4 Å². The van der Waals surface area contributed by atoms with Gasteiger partial charge in [-0.15, -0.1) is 6.58 Å². The monoisotopic (exact) mass is 344 g/mol. The van der Waals surface area contributed by atoms with Crippen LogP contribution in [0.3, 0.4) is 0 Å². The van der Waals surface area contributed by atoms with E-state index >= 15 is 0 Å². The summed E-state index contributed by atoms with van der Waals surface area (Å²) in [4.78, 5) is 0. The van der Waals surface area contributed by atoms with Gasteiger partial charge in [-0.1, -0.05) is 62.6 Å². The van der Waals surface area contributed by atoms with Crippen LogP contribution in [0.1, 0.15) is 70.3 Å². The molecule has 0 N–H and O–H groups in total. The Bertz CT molecular complexity index is 464. The number of benzene rings is 1. The predicted octanol–water partition coefficient (Wildman–Crippen LogP) is 6.31. The highest BCUT2D eigenvalue weighted by molar-refractivity contribution is 5.15. The maximum Gasteiger partial charge on any atom is 0.157 e. The van der Waals surface area contributed by atoms with E-state index in [-0.39, 0.29) is 11.7 Å². The molecular weight excluding hydrogens is 308 g/mol. The normalized spacial score (nSPS) is 20.1. The van der Waals surface area contributed by atoms with E-state index in [9.17, 15) is 0 Å². The molecule has 1 aliphatic rings. The third-order valence-electron chi connectivity index (χ3n) is 5.40. The second kappa shape index (κ2) is 11.5. The van der Waals surface area contributed by atoms with Crippen LogP contribution in [0.2, 0.25) is 0 Å². The van der Waals surface area contributed by atoms with Crippen molar-refractivity contribution >= 4 is 0 Å². The van der Waals surface area contributed by atoms with Gasteiger partial charge in [0.1, 0.15) is 0 Å². The number of rotatable bonds is 12. The summed E-state index contributed by atoms with van der Waals surface area (Å²) in [6, 6.07) is 10.8. The molecule has 2 atom stereocenters. The van der Waals surface area contributed by atoms with Crippen molar-refractivity contribution in [1.82, 2.24) is 0 Å². The molecule has 0 amide bonds. The fraction of sp³-hybridized carbons (Fsp3) is 0.652. The molecule has 0 aromatic heterocycles. The Morgan fingerprint density at radius 2 is 1.92 bits per heavy atom. The van der Waals surface area contributed by atoms with Gasteiger partial charge in [-0.3, -0.25) is 0 Å². The summed E-state index contributed by atoms with van der Waals surface area (Å²) in [7, 11) is 0. The molecule has 2 heteroatoms. The second-order valence-corrected chi connectivity index (χ2v) is 7.67. The van der Waals surface area contributed by atoms with Crippen LogP contribution in [-0.4, -0.2) is 19.5 Å². The first-order valence-corrected chi connectivity index (χ1v) is 10.1. The first-order chi connectivity index (χ1) is 12.2. The summed E-state index contributed by atoms with van der Waals surface area (Å²) in [5, 5.41) is 0. The molecule has 0 saturated carbocycles. The van der Waals surface area contributed by atoms with Gasteiger partial charge in [0.15, 0.2) is 6.29 Å². The molecule has 0 spiro atoms. The quantitative estimate of drug-likeness (QED) is 0.327. The Morgan fingerprint density at radius 3 is 2.64 bits per heavy atom. The van der Waals surface area contributed by atoms with Gasteiger partial charge in [0.2, 0.25) is 0 Å². The summed E-state index contributed by atoms with van der Waals surface area (Å²) < 4.78 is 11.4. The van der Waals surface area contributed by atoms with Crippen molar-refractivity contribution in [2.75, 3.05) is 13.2 Å². The van der Waals surface area contributed by atoms with E-state index in [1.807, 2.05) is 0 Å². The van der Waals surface area contributed by atoms with Gasteiger partial charge < -0.3 is 9.47 Å². The fourth-order valence-corrected chi connectivity index (χ4v) is 3.45. The molecule has 1 aliphatic heterocycles. The summed E-state index contributed by atoms with van der Waals surface area (Å²) >= 11 is 0. The third-order valence-corrected chi connectivity index (χ3v) is 5.40. The van der Waals surface area contributed by atoms with Gasteiger partial charge in [-0.25, -0.2) is 0 Å². The number of allylic oxidation sites excluding steroid dienone is 1. The molecule has 1 aromatic carbocycles. The van der Waals surface area contributed by atoms with Gasteiger partial charge in [0, 0.05) is 13.2 Å². The first kappa shape index (κ1) is 20.2. The molecule has 0 radical (unpaired) electrons. The van der Waals surface area contributed by atoms with Crippen LogP contribution in [0.15, 0.2) is 43.0 Å². The Hall–Kier alpha value is -1.12. The number of hydrogen-bond acceptors (Lipinski definition) is 2. The van der Waals surface area contributed by atoms with E-state index in [2.05, 4.69) is 49.9 Å². The van der Waals surface area contributed by atoms with Crippen molar-refractivity contribution in [3.05, 3.63) is 48.6 Å². The Labute approximate surface area is 154 Å². The van der Waals surface area contributed by atoms with Crippen LogP contribution in [-0.2, 0) is 15.9 Å². The first-order valence-electron chi connectivity index (χ1n) is 10.1. The lowest BCUT2D eigenvalue weighted by Gasteiger charge is -2.26. The zero-order valence-corrected chi connectivity index (χ0v) is 16.1. The number of hydrogen-bond donors (Lipinski definition) is 0.